The number of allylic oxidation sites excluding steroid dienone is 1. The van der Waals surface area contributed by atoms with Crippen LogP contribution in [0, 0.1) is 5.41 Å². The van der Waals surface area contributed by atoms with Gasteiger partial charge in [0.15, 0.2) is 0 Å². The van der Waals surface area contributed by atoms with Crippen LogP contribution < -0.4 is 16.0 Å². The van der Waals surface area contributed by atoms with Crippen molar-refractivity contribution < 1.29 is 14.7 Å². The number of urea groups is 1. The molecule has 2 aliphatic heterocycles. The highest BCUT2D eigenvalue weighted by Gasteiger charge is 2.45. The number of fused-ring (bicyclic) bond motifs is 1. The van der Waals surface area contributed by atoms with E-state index in [1.165, 1.54) is 0 Å². The molecule has 0 bridgehead atoms. The lowest BCUT2D eigenvalue weighted by molar-refractivity contribution is -0.125. The number of carbonyl (C=O) groups is 2. The molecule has 2 atom stereocenters. The minimum atomic E-state index is -0.713. The summed E-state index contributed by atoms with van der Waals surface area (Å²) in [6, 6.07) is 19.2. The number of anilines is 1. The average molecular weight is 555 g/mol. The van der Waals surface area contributed by atoms with Crippen molar-refractivity contribution in [2.75, 3.05) is 11.9 Å². The molecule has 5 rings (SSSR count). The van der Waals surface area contributed by atoms with E-state index in [1.807, 2.05) is 67.3 Å². The van der Waals surface area contributed by atoms with Crippen LogP contribution in [-0.2, 0) is 11.3 Å². The molecule has 0 radical (unpaired) electrons. The fraction of sp³-hybridized carbons (Fsp3) is 0.375. The second-order valence-corrected chi connectivity index (χ2v) is 12.2. The van der Waals surface area contributed by atoms with Gasteiger partial charge in [-0.3, -0.25) is 20.0 Å². The molecule has 9 nitrogen and oxygen atoms in total. The van der Waals surface area contributed by atoms with E-state index in [4.69, 9.17) is 4.99 Å². The van der Waals surface area contributed by atoms with Crippen molar-refractivity contribution in [3.05, 3.63) is 83.6 Å². The molecular formula is C32H38N6O3. The minimum absolute atomic E-state index is 0.0910. The maximum Gasteiger partial charge on any atom is 0.324 e. The zero-order valence-corrected chi connectivity index (χ0v) is 24.2. The summed E-state index contributed by atoms with van der Waals surface area (Å²) in [4.78, 5) is 36.9. The first kappa shape index (κ1) is 28.4. The summed E-state index contributed by atoms with van der Waals surface area (Å²) in [5.74, 6) is 0.391. The van der Waals surface area contributed by atoms with Gasteiger partial charge in [-0.15, -0.1) is 0 Å². The number of hydrogen-bond acceptors (Lipinski definition) is 6. The van der Waals surface area contributed by atoms with Gasteiger partial charge in [0.2, 0.25) is 5.91 Å². The highest BCUT2D eigenvalue weighted by atomic mass is 16.3. The van der Waals surface area contributed by atoms with Crippen LogP contribution in [0.4, 0.5) is 10.6 Å². The van der Waals surface area contributed by atoms with E-state index in [0.717, 1.165) is 33.4 Å². The van der Waals surface area contributed by atoms with E-state index in [1.54, 1.807) is 6.07 Å². The lowest BCUT2D eigenvalue weighted by Crippen LogP contribution is -2.46. The first-order valence-electron chi connectivity index (χ1n) is 13.9. The van der Waals surface area contributed by atoms with Crippen LogP contribution in [0.1, 0.15) is 58.2 Å². The SMILES string of the molecule is CC(C)(C)C1=N[C@H](c2ccc(CN3C(CO)NC(=O)C3(C)C)cc2)CC(NC(=O)Nc2ccc3ccccc3n2)=C1. The summed E-state index contributed by atoms with van der Waals surface area (Å²) in [6.07, 6.45) is 2.10. The van der Waals surface area contributed by atoms with Gasteiger partial charge in [0.05, 0.1) is 23.7 Å². The van der Waals surface area contributed by atoms with Gasteiger partial charge in [-0.05, 0) is 49.2 Å². The third-order valence-electron chi connectivity index (χ3n) is 7.74. The number of aliphatic hydroxyl groups is 1. The molecule has 3 amide bonds. The standard InChI is InChI=1S/C32H38N6O3/c1-31(2,3)26-17-23(33-30(41)36-27-15-14-21-8-6-7-9-24(21)35-27)16-25(34-26)22-12-10-20(11-13-22)18-38-28(19-39)37-29(40)32(38,4)5/h6-15,17,25,28,39H,16,18-19H2,1-5H3,(H,37,40)(H2,33,35,36,41)/t25-,28?/m0/s1. The number of nitrogens with zero attached hydrogens (tertiary/aromatic N) is 3. The smallest absolute Gasteiger partial charge is 0.324 e. The predicted molar refractivity (Wildman–Crippen MR) is 161 cm³/mol. The summed E-state index contributed by atoms with van der Waals surface area (Å²) in [7, 11) is 0. The third kappa shape index (κ3) is 6.16. The van der Waals surface area contributed by atoms with E-state index in [9.17, 15) is 14.7 Å². The Labute approximate surface area is 240 Å². The topological polar surface area (TPSA) is 119 Å². The number of nitrogens with one attached hydrogen (secondary N) is 3. The van der Waals surface area contributed by atoms with E-state index in [0.29, 0.717) is 18.8 Å². The second kappa shape index (κ2) is 11.1. The Balaban J connectivity index is 1.30. The summed E-state index contributed by atoms with van der Waals surface area (Å²) in [5.41, 5.74) is 3.66. The number of aromatic nitrogens is 1. The molecule has 1 saturated heterocycles. The van der Waals surface area contributed by atoms with Crippen molar-refractivity contribution in [1.29, 1.82) is 0 Å². The molecule has 3 heterocycles. The lowest BCUT2D eigenvalue weighted by Gasteiger charge is -2.32. The zero-order chi connectivity index (χ0) is 29.4. The van der Waals surface area contributed by atoms with E-state index >= 15 is 0 Å². The first-order chi connectivity index (χ1) is 19.4. The van der Waals surface area contributed by atoms with Crippen molar-refractivity contribution >= 4 is 34.4 Å². The molecule has 9 heteroatoms. The predicted octanol–water partition coefficient (Wildman–Crippen LogP) is 4.90. The Morgan fingerprint density at radius 1 is 1.07 bits per heavy atom. The Bertz CT molecular complexity index is 1520. The maximum absolute atomic E-state index is 13.0. The molecule has 1 aromatic heterocycles. The summed E-state index contributed by atoms with van der Waals surface area (Å²) in [5, 5.41) is 19.5. The third-order valence-corrected chi connectivity index (χ3v) is 7.74. The number of dihydropyridines is 1. The largest absolute Gasteiger partial charge is 0.393 e. The fourth-order valence-corrected chi connectivity index (χ4v) is 5.22. The second-order valence-electron chi connectivity index (χ2n) is 12.2. The lowest BCUT2D eigenvalue weighted by atomic mass is 9.86. The Kier molecular flexibility index (Phi) is 7.68. The molecule has 1 fully saturated rings. The Morgan fingerprint density at radius 3 is 2.51 bits per heavy atom. The first-order valence-corrected chi connectivity index (χ1v) is 13.9. The number of para-hydroxylation sites is 1. The number of rotatable bonds is 6. The van der Waals surface area contributed by atoms with Gasteiger partial charge < -0.3 is 15.7 Å². The number of amides is 3. The maximum atomic E-state index is 13.0. The molecule has 0 aliphatic carbocycles. The monoisotopic (exact) mass is 554 g/mol. The molecule has 4 N–H and O–H groups in total. The van der Waals surface area contributed by atoms with Crippen LogP contribution >= 0.6 is 0 Å². The number of aliphatic hydroxyl groups excluding tert-OH is 1. The van der Waals surface area contributed by atoms with Crippen LogP contribution in [0.25, 0.3) is 10.9 Å². The molecule has 214 valence electrons. The minimum Gasteiger partial charge on any atom is -0.393 e. The van der Waals surface area contributed by atoms with Gasteiger partial charge in [0.25, 0.3) is 0 Å². The van der Waals surface area contributed by atoms with Crippen LogP contribution in [0.5, 0.6) is 0 Å². The molecule has 2 aromatic carbocycles. The van der Waals surface area contributed by atoms with E-state index in [2.05, 4.69) is 53.8 Å². The van der Waals surface area contributed by atoms with Gasteiger partial charge in [-0.25, -0.2) is 9.78 Å². The summed E-state index contributed by atoms with van der Waals surface area (Å²) >= 11 is 0. The zero-order valence-electron chi connectivity index (χ0n) is 24.2. The van der Waals surface area contributed by atoms with E-state index in [-0.39, 0.29) is 30.0 Å². The highest BCUT2D eigenvalue weighted by molar-refractivity contribution is 6.01. The van der Waals surface area contributed by atoms with Gasteiger partial charge in [-0.1, -0.05) is 63.2 Å². The van der Waals surface area contributed by atoms with Crippen molar-refractivity contribution in [2.24, 2.45) is 10.4 Å². The van der Waals surface area contributed by atoms with Gasteiger partial charge in [-0.2, -0.15) is 0 Å². The number of aliphatic imine (C=N–C) groups is 1. The molecule has 41 heavy (non-hydrogen) atoms. The van der Waals surface area contributed by atoms with Crippen LogP contribution in [-0.4, -0.2) is 51.0 Å². The van der Waals surface area contributed by atoms with Gasteiger partial charge in [0, 0.05) is 35.2 Å². The van der Waals surface area contributed by atoms with Crippen molar-refractivity contribution in [3.63, 3.8) is 0 Å². The average Bonchev–Trinajstić information content (AvgIpc) is 3.15. The summed E-state index contributed by atoms with van der Waals surface area (Å²) < 4.78 is 0. The fourth-order valence-electron chi connectivity index (χ4n) is 5.22. The molecule has 1 unspecified atom stereocenters. The Morgan fingerprint density at radius 2 is 1.80 bits per heavy atom. The number of carbonyl (C=O) groups excluding carboxylic acids is 2. The molecule has 0 spiro atoms. The Hall–Kier alpha value is -4.08. The number of hydrogen-bond donors (Lipinski definition) is 4. The normalized spacial score (nSPS) is 20.8. The van der Waals surface area contributed by atoms with E-state index < -0.39 is 11.7 Å². The van der Waals surface area contributed by atoms with Crippen LogP contribution in [0.2, 0.25) is 0 Å². The number of pyridine rings is 1. The van der Waals surface area contributed by atoms with Crippen molar-refractivity contribution in [1.82, 2.24) is 20.5 Å². The van der Waals surface area contributed by atoms with Crippen molar-refractivity contribution in [2.45, 2.75) is 65.3 Å². The van der Waals surface area contributed by atoms with Crippen LogP contribution in [0.3, 0.4) is 0 Å². The molecule has 3 aromatic rings. The summed E-state index contributed by atoms with van der Waals surface area (Å²) in [6.45, 7) is 10.4. The molecule has 0 saturated carbocycles. The molecule has 2 aliphatic rings. The van der Waals surface area contributed by atoms with Gasteiger partial charge in [0.1, 0.15) is 12.0 Å². The van der Waals surface area contributed by atoms with Gasteiger partial charge >= 0.3 is 6.03 Å². The molecular weight excluding hydrogens is 516 g/mol. The van der Waals surface area contributed by atoms with Crippen LogP contribution in [0.15, 0.2) is 77.4 Å². The quantitative estimate of drug-likeness (QED) is 0.346. The number of benzene rings is 2. The highest BCUT2D eigenvalue weighted by Crippen LogP contribution is 2.33. The van der Waals surface area contributed by atoms with Crippen molar-refractivity contribution in [3.8, 4) is 0 Å².